The molecule has 9 nitrogen and oxygen atoms in total. The van der Waals surface area contributed by atoms with Crippen LogP contribution in [0, 0.1) is 0 Å². The summed E-state index contributed by atoms with van der Waals surface area (Å²) in [6.45, 7) is 5.24. The number of halogens is 3. The highest BCUT2D eigenvalue weighted by atomic mass is 32.2. The molecule has 34 heavy (non-hydrogen) atoms. The molecule has 3 aromatic rings. The first kappa shape index (κ1) is 25.8. The van der Waals surface area contributed by atoms with Crippen molar-refractivity contribution in [2.75, 3.05) is 12.9 Å². The molecule has 0 aliphatic rings. The molecular weight excluding hydrogens is 475 g/mol. The lowest BCUT2D eigenvalue weighted by Crippen LogP contribution is -2.37. The summed E-state index contributed by atoms with van der Waals surface area (Å²) in [4.78, 5) is 16.6. The van der Waals surface area contributed by atoms with Crippen molar-refractivity contribution in [1.82, 2.24) is 24.5 Å². The Morgan fingerprint density at radius 3 is 2.41 bits per heavy atom. The molecular formula is C21H26F3N5O4S. The number of nitrogens with zero attached hydrogens (tertiary/aromatic N) is 5. The predicted molar refractivity (Wildman–Crippen MR) is 118 cm³/mol. The first-order valence-corrected chi connectivity index (χ1v) is 12.2. The van der Waals surface area contributed by atoms with E-state index in [1.807, 2.05) is 0 Å². The van der Waals surface area contributed by atoms with Crippen LogP contribution in [0.25, 0.3) is 11.0 Å². The van der Waals surface area contributed by atoms with Crippen LogP contribution in [0.5, 0.6) is 6.01 Å². The standard InChI is InChI=1S/C21H26F3N5O4S/c1-12(30)18-28-16-10-26-15(9-17(16)29(18)13(2)21(22,23)24)8-14-6-7-25-19(27-14)33-11-20(3,4)34(5,31)32/h6-7,9-10,12-13,30H,8,11H2,1-5H3/t12-,13+/m1/s1. The SMILES string of the molecule is C[C@H](n1c([C@@H](C)O)nc2cnc(Cc3ccnc(OCC(C)(C)S(C)(=O)=O)n3)cc21)C(F)(F)F. The molecule has 13 heteroatoms. The molecule has 2 atom stereocenters. The van der Waals surface area contributed by atoms with Crippen molar-refractivity contribution in [2.24, 2.45) is 0 Å². The molecule has 0 aromatic carbocycles. The number of alkyl halides is 3. The van der Waals surface area contributed by atoms with Gasteiger partial charge in [-0.15, -0.1) is 0 Å². The van der Waals surface area contributed by atoms with Gasteiger partial charge in [0.1, 0.15) is 34.8 Å². The monoisotopic (exact) mass is 501 g/mol. The number of hydrogen-bond donors (Lipinski definition) is 1. The Balaban J connectivity index is 1.91. The van der Waals surface area contributed by atoms with Gasteiger partial charge < -0.3 is 14.4 Å². The highest BCUT2D eigenvalue weighted by Crippen LogP contribution is 2.35. The zero-order chi connectivity index (χ0) is 25.5. The summed E-state index contributed by atoms with van der Waals surface area (Å²) in [6, 6.07) is 1.14. The van der Waals surface area contributed by atoms with E-state index in [-0.39, 0.29) is 35.9 Å². The van der Waals surface area contributed by atoms with E-state index in [0.717, 1.165) is 17.7 Å². The lowest BCUT2D eigenvalue weighted by Gasteiger charge is -2.21. The second kappa shape index (κ2) is 9.10. The van der Waals surface area contributed by atoms with E-state index in [0.29, 0.717) is 11.4 Å². The van der Waals surface area contributed by atoms with Crippen molar-refractivity contribution in [3.05, 3.63) is 41.7 Å². The zero-order valence-electron chi connectivity index (χ0n) is 19.3. The van der Waals surface area contributed by atoms with E-state index < -0.39 is 32.9 Å². The van der Waals surface area contributed by atoms with E-state index in [4.69, 9.17) is 4.74 Å². The summed E-state index contributed by atoms with van der Waals surface area (Å²) in [6.07, 6.45) is -1.70. The minimum atomic E-state index is -4.54. The Morgan fingerprint density at radius 1 is 1.15 bits per heavy atom. The number of imidazole rings is 1. The summed E-state index contributed by atoms with van der Waals surface area (Å²) in [5.74, 6) is -0.106. The van der Waals surface area contributed by atoms with Crippen molar-refractivity contribution < 1.29 is 31.4 Å². The third kappa shape index (κ3) is 5.46. The number of aliphatic hydroxyl groups is 1. The number of sulfone groups is 1. The highest BCUT2D eigenvalue weighted by Gasteiger charge is 2.40. The summed E-state index contributed by atoms with van der Waals surface area (Å²) in [7, 11) is -3.37. The van der Waals surface area contributed by atoms with Crippen LogP contribution in [0.1, 0.15) is 57.1 Å². The molecule has 0 saturated carbocycles. The van der Waals surface area contributed by atoms with Gasteiger partial charge in [-0.3, -0.25) is 4.98 Å². The Morgan fingerprint density at radius 2 is 1.82 bits per heavy atom. The number of rotatable bonds is 8. The number of aromatic nitrogens is 5. The van der Waals surface area contributed by atoms with Crippen molar-refractivity contribution in [1.29, 1.82) is 0 Å². The van der Waals surface area contributed by atoms with E-state index in [9.17, 15) is 26.7 Å². The minimum absolute atomic E-state index is 0.0255. The first-order valence-electron chi connectivity index (χ1n) is 10.4. The lowest BCUT2D eigenvalue weighted by atomic mass is 10.2. The van der Waals surface area contributed by atoms with Crippen LogP contribution >= 0.6 is 0 Å². The van der Waals surface area contributed by atoms with Gasteiger partial charge in [0.05, 0.1) is 17.4 Å². The molecule has 0 bridgehead atoms. The van der Waals surface area contributed by atoms with Gasteiger partial charge in [0.15, 0.2) is 9.84 Å². The fraction of sp³-hybridized carbons (Fsp3) is 0.524. The van der Waals surface area contributed by atoms with Crippen molar-refractivity contribution in [2.45, 2.75) is 57.2 Å². The summed E-state index contributed by atoms with van der Waals surface area (Å²) < 4.78 is 69.5. The van der Waals surface area contributed by atoms with Gasteiger partial charge in [-0.05, 0) is 39.8 Å². The number of fused-ring (bicyclic) bond motifs is 1. The summed E-state index contributed by atoms with van der Waals surface area (Å²) in [5, 5.41) is 9.97. The Hall–Kier alpha value is -2.80. The molecule has 0 unspecified atom stereocenters. The fourth-order valence-corrected chi connectivity index (χ4v) is 3.35. The van der Waals surface area contributed by atoms with E-state index in [1.54, 1.807) is 6.07 Å². The Labute approximate surface area is 195 Å². The molecule has 0 radical (unpaired) electrons. The predicted octanol–water partition coefficient (Wildman–Crippen LogP) is 3.19. The van der Waals surface area contributed by atoms with Gasteiger partial charge in [-0.1, -0.05) is 0 Å². The molecule has 0 saturated heterocycles. The van der Waals surface area contributed by atoms with Crippen molar-refractivity contribution in [3.63, 3.8) is 0 Å². The highest BCUT2D eigenvalue weighted by molar-refractivity contribution is 7.92. The Kier molecular flexibility index (Phi) is 6.91. The summed E-state index contributed by atoms with van der Waals surface area (Å²) in [5.41, 5.74) is 1.30. The molecule has 3 rings (SSSR count). The molecule has 186 valence electrons. The number of pyridine rings is 1. The summed E-state index contributed by atoms with van der Waals surface area (Å²) >= 11 is 0. The maximum atomic E-state index is 13.5. The molecule has 3 aromatic heterocycles. The zero-order valence-corrected chi connectivity index (χ0v) is 20.1. The van der Waals surface area contributed by atoms with E-state index >= 15 is 0 Å². The molecule has 0 amide bonds. The third-order valence-corrected chi connectivity index (χ3v) is 7.63. The van der Waals surface area contributed by atoms with Crippen LogP contribution in [0.15, 0.2) is 24.5 Å². The quantitative estimate of drug-likeness (QED) is 0.500. The van der Waals surface area contributed by atoms with Gasteiger partial charge >= 0.3 is 12.2 Å². The fourth-order valence-electron chi connectivity index (χ4n) is 3.08. The van der Waals surface area contributed by atoms with Gasteiger partial charge in [0.25, 0.3) is 0 Å². The second-order valence-electron chi connectivity index (χ2n) is 8.73. The van der Waals surface area contributed by atoms with Gasteiger partial charge in [-0.2, -0.15) is 18.2 Å². The molecule has 0 aliphatic carbocycles. The smallest absolute Gasteiger partial charge is 0.408 e. The second-order valence-corrected chi connectivity index (χ2v) is 11.4. The molecule has 0 aliphatic heterocycles. The van der Waals surface area contributed by atoms with Crippen LogP contribution in [0.4, 0.5) is 13.2 Å². The molecule has 1 N–H and O–H groups in total. The van der Waals surface area contributed by atoms with Crippen LogP contribution in [0.3, 0.4) is 0 Å². The van der Waals surface area contributed by atoms with Gasteiger partial charge in [0.2, 0.25) is 0 Å². The van der Waals surface area contributed by atoms with Crippen molar-refractivity contribution in [3.8, 4) is 6.01 Å². The first-order chi connectivity index (χ1) is 15.6. The molecule has 0 spiro atoms. The lowest BCUT2D eigenvalue weighted by molar-refractivity contribution is -0.163. The maximum absolute atomic E-state index is 13.5. The van der Waals surface area contributed by atoms with Gasteiger partial charge in [-0.25, -0.2) is 18.4 Å². The van der Waals surface area contributed by atoms with Crippen LogP contribution in [-0.2, 0) is 16.3 Å². The van der Waals surface area contributed by atoms with E-state index in [1.165, 1.54) is 39.2 Å². The third-order valence-electron chi connectivity index (χ3n) is 5.50. The largest absolute Gasteiger partial charge is 0.462 e. The van der Waals surface area contributed by atoms with Crippen LogP contribution in [0.2, 0.25) is 0 Å². The average Bonchev–Trinajstić information content (AvgIpc) is 3.09. The van der Waals surface area contributed by atoms with Crippen LogP contribution in [-0.4, -0.2) is 61.8 Å². The van der Waals surface area contributed by atoms with Gasteiger partial charge in [0, 0.05) is 24.6 Å². The maximum Gasteiger partial charge on any atom is 0.408 e. The minimum Gasteiger partial charge on any atom is -0.462 e. The van der Waals surface area contributed by atoms with Crippen molar-refractivity contribution >= 4 is 20.9 Å². The number of ether oxygens (including phenoxy) is 1. The number of hydrogen-bond acceptors (Lipinski definition) is 8. The molecule has 3 heterocycles. The average molecular weight is 502 g/mol. The normalized spacial score (nSPS) is 14.9. The number of aliphatic hydroxyl groups excluding tert-OH is 1. The van der Waals surface area contributed by atoms with Crippen LogP contribution < -0.4 is 4.74 Å². The Bertz CT molecular complexity index is 1290. The van der Waals surface area contributed by atoms with E-state index in [2.05, 4.69) is 19.9 Å². The molecule has 0 fully saturated rings. The topological polar surface area (TPSA) is 120 Å².